The van der Waals surface area contributed by atoms with E-state index in [2.05, 4.69) is 104 Å². The maximum absolute atomic E-state index is 7.45. The Morgan fingerprint density at radius 2 is 1.15 bits per heavy atom. The Bertz CT molecular complexity index is 855. The third kappa shape index (κ3) is 3.54. The molecule has 1 heterocycles. The molecular formula is C25H25BP. The monoisotopic (exact) mass is 367 g/mol. The molecule has 1 aliphatic rings. The molecule has 133 valence electrons. The van der Waals surface area contributed by atoms with Gasteiger partial charge in [0.05, 0.1) is 11.3 Å². The highest BCUT2D eigenvalue weighted by atomic mass is 31.2. The predicted octanol–water partition coefficient (Wildman–Crippen LogP) is 7.42. The van der Waals surface area contributed by atoms with Crippen LogP contribution in [0.3, 0.4) is 0 Å². The fraction of sp³-hybridized carbons (Fsp3) is 0.200. The summed E-state index contributed by atoms with van der Waals surface area (Å²) in [6.07, 6.45) is 4.65. The molecule has 2 heteroatoms. The van der Waals surface area contributed by atoms with Crippen LogP contribution in [0, 0.1) is 0 Å². The highest BCUT2D eigenvalue weighted by Crippen LogP contribution is 2.85. The Labute approximate surface area is 165 Å². The van der Waals surface area contributed by atoms with Gasteiger partial charge < -0.3 is 0 Å². The van der Waals surface area contributed by atoms with Gasteiger partial charge in [0.2, 0.25) is 0 Å². The summed E-state index contributed by atoms with van der Waals surface area (Å²) in [5.74, 6) is 0. The van der Waals surface area contributed by atoms with Crippen LogP contribution in [0.4, 0.5) is 0 Å². The molecule has 2 atom stereocenters. The summed E-state index contributed by atoms with van der Waals surface area (Å²) >= 11 is 0. The average molecular weight is 367 g/mol. The maximum Gasteiger partial charge on any atom is 0.0519 e. The van der Waals surface area contributed by atoms with Crippen molar-refractivity contribution in [2.75, 3.05) is 0 Å². The molecule has 0 aliphatic carbocycles. The van der Waals surface area contributed by atoms with Gasteiger partial charge in [-0.25, -0.2) is 7.14 Å². The fourth-order valence-corrected chi connectivity index (χ4v) is 8.81. The van der Waals surface area contributed by atoms with E-state index in [1.807, 2.05) is 0 Å². The van der Waals surface area contributed by atoms with Gasteiger partial charge in [-0.05, 0) is 42.5 Å². The molecule has 0 aromatic heterocycles. The largest absolute Gasteiger partial charge is 0.298 e. The van der Waals surface area contributed by atoms with Gasteiger partial charge in [-0.3, -0.25) is 7.57 Å². The molecule has 0 bridgehead atoms. The van der Waals surface area contributed by atoms with Crippen LogP contribution < -0.4 is 0 Å². The molecule has 3 aromatic rings. The Balaban J connectivity index is 1.81. The molecule has 0 nitrogen and oxygen atoms in total. The number of hydrogen-bond acceptors (Lipinski definition) is 0. The van der Waals surface area contributed by atoms with Crippen LogP contribution in [0.15, 0.2) is 96.3 Å². The van der Waals surface area contributed by atoms with Gasteiger partial charge in [-0.1, -0.05) is 91.0 Å². The average Bonchev–Trinajstić information content (AvgIpc) is 3.08. The topological polar surface area (TPSA) is 0 Å². The summed E-state index contributed by atoms with van der Waals surface area (Å²) < 4.78 is 0. The Morgan fingerprint density at radius 1 is 0.741 bits per heavy atom. The quantitative estimate of drug-likeness (QED) is 0.332. The van der Waals surface area contributed by atoms with Gasteiger partial charge in [0.1, 0.15) is 0 Å². The molecule has 3 aromatic carbocycles. The molecule has 0 saturated carbocycles. The lowest BCUT2D eigenvalue weighted by Gasteiger charge is -2.45. The molecular weight excluding hydrogens is 342 g/mol. The van der Waals surface area contributed by atoms with E-state index in [9.17, 15) is 0 Å². The van der Waals surface area contributed by atoms with Gasteiger partial charge in [0, 0.05) is 5.31 Å². The van der Waals surface area contributed by atoms with Crippen LogP contribution >= 0.6 is 7.14 Å². The smallest absolute Gasteiger partial charge is 0.0519 e. The fourth-order valence-electron chi connectivity index (χ4n) is 4.53. The van der Waals surface area contributed by atoms with E-state index in [1.54, 1.807) is 0 Å². The normalized spacial score (nSPS) is 21.9. The first-order valence-corrected chi connectivity index (χ1v) is 11.7. The molecule has 1 aliphatic heterocycles. The number of benzene rings is 3. The van der Waals surface area contributed by atoms with Crippen LogP contribution in [-0.2, 0) is 0 Å². The molecule has 0 N–H and O–H groups in total. The van der Waals surface area contributed by atoms with E-state index in [-0.39, 0.29) is 0 Å². The number of hydrogen-bond donors (Lipinski definition) is 0. The minimum absolute atomic E-state index is 0.434. The molecule has 27 heavy (non-hydrogen) atoms. The molecule has 0 spiro atoms. The summed E-state index contributed by atoms with van der Waals surface area (Å²) in [6, 6.07) is 32.4. The lowest BCUT2D eigenvalue weighted by molar-refractivity contribution is 0.765. The summed E-state index contributed by atoms with van der Waals surface area (Å²) in [5, 5.41) is 1.37. The van der Waals surface area contributed by atoms with Gasteiger partial charge in [0.15, 0.2) is 0 Å². The van der Waals surface area contributed by atoms with Crippen LogP contribution in [0.1, 0.15) is 47.8 Å². The third-order valence-electron chi connectivity index (χ3n) is 5.90. The van der Waals surface area contributed by atoms with Crippen molar-refractivity contribution in [2.24, 2.45) is 0 Å². The van der Waals surface area contributed by atoms with Crippen LogP contribution in [0.2, 0.25) is 0 Å². The Hall–Kier alpha value is -2.11. The first-order valence-electron chi connectivity index (χ1n) is 9.70. The summed E-state index contributed by atoms with van der Waals surface area (Å²) in [6.45, 7) is 2.26. The molecule has 0 amide bonds. The van der Waals surface area contributed by atoms with Crippen LogP contribution in [-0.4, -0.2) is 7.57 Å². The van der Waals surface area contributed by atoms with E-state index in [4.69, 9.17) is 7.57 Å². The highest BCUT2D eigenvalue weighted by Gasteiger charge is 2.46. The SMILES string of the molecule is [B-][P+]1(/C(C)=C/c2ccccc2)[C@@H](c2ccccc2)CC[C@@H]1c1ccccc1. The minimum atomic E-state index is -1.88. The van der Waals surface area contributed by atoms with E-state index < -0.39 is 7.14 Å². The first kappa shape index (κ1) is 18.3. The van der Waals surface area contributed by atoms with E-state index in [1.165, 1.54) is 22.0 Å². The molecule has 0 unspecified atom stereocenters. The summed E-state index contributed by atoms with van der Waals surface area (Å²) in [7, 11) is 5.57. The Morgan fingerprint density at radius 3 is 1.59 bits per heavy atom. The lowest BCUT2D eigenvalue weighted by atomic mass is 10.0. The summed E-state index contributed by atoms with van der Waals surface area (Å²) in [4.78, 5) is 0. The molecule has 4 rings (SSSR count). The van der Waals surface area contributed by atoms with Crippen LogP contribution in [0.25, 0.3) is 6.08 Å². The summed E-state index contributed by atoms with van der Waals surface area (Å²) in [5.41, 5.74) is 4.90. The minimum Gasteiger partial charge on any atom is -0.298 e. The molecule has 1 saturated heterocycles. The van der Waals surface area contributed by atoms with Gasteiger partial charge >= 0.3 is 0 Å². The van der Waals surface area contributed by atoms with Gasteiger partial charge in [-0.2, -0.15) is 0 Å². The predicted molar refractivity (Wildman–Crippen MR) is 120 cm³/mol. The van der Waals surface area contributed by atoms with Crippen LogP contribution in [0.5, 0.6) is 0 Å². The van der Waals surface area contributed by atoms with E-state index in [0.29, 0.717) is 11.3 Å². The van der Waals surface area contributed by atoms with Crippen molar-refractivity contribution in [3.05, 3.63) is 113 Å². The van der Waals surface area contributed by atoms with Crippen molar-refractivity contribution in [1.29, 1.82) is 0 Å². The van der Waals surface area contributed by atoms with Crippen molar-refractivity contribution in [1.82, 2.24) is 0 Å². The first-order chi connectivity index (χ1) is 13.2. The number of allylic oxidation sites excluding steroid dienone is 1. The van der Waals surface area contributed by atoms with Crippen molar-refractivity contribution in [2.45, 2.75) is 31.1 Å². The maximum atomic E-state index is 7.45. The highest BCUT2D eigenvalue weighted by molar-refractivity contribution is 8.01. The van der Waals surface area contributed by atoms with Gasteiger partial charge in [0.25, 0.3) is 0 Å². The van der Waals surface area contributed by atoms with Crippen molar-refractivity contribution in [3.8, 4) is 0 Å². The Kier molecular flexibility index (Phi) is 5.32. The van der Waals surface area contributed by atoms with Crippen molar-refractivity contribution >= 4 is 20.8 Å². The second kappa shape index (κ2) is 7.87. The second-order valence-electron chi connectivity index (χ2n) is 7.46. The second-order valence-corrected chi connectivity index (χ2v) is 11.1. The molecule has 3 radical (unpaired) electrons. The zero-order valence-electron chi connectivity index (χ0n) is 15.8. The van der Waals surface area contributed by atoms with Gasteiger partial charge in [-0.15, -0.1) is 0 Å². The van der Waals surface area contributed by atoms with E-state index in [0.717, 1.165) is 12.8 Å². The number of rotatable bonds is 4. The van der Waals surface area contributed by atoms with E-state index >= 15 is 0 Å². The third-order valence-corrected chi connectivity index (χ3v) is 10.4. The van der Waals surface area contributed by atoms with Crippen molar-refractivity contribution in [3.63, 3.8) is 0 Å². The lowest BCUT2D eigenvalue weighted by Crippen LogP contribution is -2.07. The molecule has 1 fully saturated rings. The zero-order valence-corrected chi connectivity index (χ0v) is 16.7. The van der Waals surface area contributed by atoms with Crippen molar-refractivity contribution < 1.29 is 0 Å². The zero-order chi connectivity index (χ0) is 18.7. The standard InChI is InChI=1S/C25H25BP/c1-20(19-21-11-5-2-6-12-21)27(26)24(22-13-7-3-8-14-22)17-18-25(27)23-15-9-4-10-16-23/h2-16,19,24-25H,17-18H2,1H3/b20-19+/t24-,25-/m1/s1.